The average molecular weight is 182 g/mol. The molecule has 0 fully saturated rings. The van der Waals surface area contributed by atoms with Gasteiger partial charge in [0.05, 0.1) is 0 Å². The minimum atomic E-state index is -1.08. The van der Waals surface area contributed by atoms with Crippen molar-refractivity contribution in [2.45, 2.75) is 19.6 Å². The van der Waals surface area contributed by atoms with Crippen molar-refractivity contribution in [3.8, 4) is 11.5 Å². The van der Waals surface area contributed by atoms with E-state index in [2.05, 4.69) is 38.0 Å². The second kappa shape index (κ2) is 6.88. The molecule has 1 radical (unpaired) electrons. The molecule has 0 aliphatic rings. The van der Waals surface area contributed by atoms with Crippen LogP contribution in [0.3, 0.4) is 0 Å². The molecule has 0 saturated heterocycles. The number of hydrogen-bond donors (Lipinski definition) is 0. The molecule has 0 N–H and O–H groups in total. The second-order valence-electron chi connectivity index (χ2n) is 2.55. The summed E-state index contributed by atoms with van der Waals surface area (Å²) in [4.78, 5) is 0. The van der Waals surface area contributed by atoms with Crippen LogP contribution in [0.25, 0.3) is 0 Å². The summed E-state index contributed by atoms with van der Waals surface area (Å²) < 4.78 is 0. The Labute approximate surface area is 81.8 Å². The van der Waals surface area contributed by atoms with E-state index in [1.54, 1.807) is 0 Å². The zero-order valence-corrected chi connectivity index (χ0v) is 8.45. The van der Waals surface area contributed by atoms with E-state index in [4.69, 9.17) is 0 Å². The van der Waals surface area contributed by atoms with Gasteiger partial charge in [-0.15, -0.1) is 0 Å². The van der Waals surface area contributed by atoms with Gasteiger partial charge >= 0.3 is 17.1 Å². The van der Waals surface area contributed by atoms with Gasteiger partial charge in [0.15, 0.2) is 0 Å². The summed E-state index contributed by atoms with van der Waals surface area (Å²) in [7, 11) is -1.08. The van der Waals surface area contributed by atoms with E-state index in [1.165, 1.54) is 0 Å². The molecular weight excluding hydrogens is 171 g/mol. The van der Waals surface area contributed by atoms with Gasteiger partial charge in [-0.1, -0.05) is 19.6 Å². The van der Waals surface area contributed by atoms with Crippen LogP contribution in [0.15, 0.2) is 0 Å². The summed E-state index contributed by atoms with van der Waals surface area (Å²) in [5.41, 5.74) is 3.06. The maximum absolute atomic E-state index is 3.44. The standard InChI is InChI=1S/C6H11Si.Cu.Li/c1-5-6-7(2,3)4;;/h1H2,2-4H3;;/q-1;+1;. The number of rotatable bonds is 0. The molecule has 0 rings (SSSR count). The molecule has 0 heterocycles. The van der Waals surface area contributed by atoms with Crippen molar-refractivity contribution in [2.75, 3.05) is 0 Å². The van der Waals surface area contributed by atoms with Crippen LogP contribution in [-0.2, 0) is 17.1 Å². The van der Waals surface area contributed by atoms with Crippen LogP contribution in [0, 0.1) is 18.4 Å². The van der Waals surface area contributed by atoms with Crippen LogP contribution >= 0.6 is 0 Å². The van der Waals surface area contributed by atoms with Gasteiger partial charge in [0.1, 0.15) is 0 Å². The third-order valence-corrected chi connectivity index (χ3v) is 1.39. The molecule has 0 aromatic rings. The Morgan fingerprint density at radius 3 is 1.56 bits per heavy atom. The van der Waals surface area contributed by atoms with Gasteiger partial charge in [0.25, 0.3) is 0 Å². The SMILES string of the molecule is [CH2-]C#C[Si](C)(C)C.[Cu+].[Li]. The molecule has 3 heteroatoms. The Bertz CT molecular complexity index is 106. The normalized spacial score (nSPS) is 7.44. The predicted molar refractivity (Wildman–Crippen MR) is 42.2 cm³/mol. The second-order valence-corrected chi connectivity index (χ2v) is 7.30. The zero-order valence-electron chi connectivity index (χ0n) is 6.51. The fraction of sp³-hybridized carbons (Fsp3) is 0.500. The van der Waals surface area contributed by atoms with Crippen molar-refractivity contribution in [2.24, 2.45) is 0 Å². The molecule has 0 aliphatic carbocycles. The van der Waals surface area contributed by atoms with Crippen LogP contribution in [-0.4, -0.2) is 26.9 Å². The first-order chi connectivity index (χ1) is 3.06. The molecule has 0 unspecified atom stereocenters. The summed E-state index contributed by atoms with van der Waals surface area (Å²) in [5.74, 6) is 2.67. The summed E-state index contributed by atoms with van der Waals surface area (Å²) in [5, 5.41) is 0. The van der Waals surface area contributed by atoms with Crippen LogP contribution in [0.4, 0.5) is 0 Å². The van der Waals surface area contributed by atoms with E-state index in [9.17, 15) is 0 Å². The Hall–Kier alpha value is 0.764. The summed E-state index contributed by atoms with van der Waals surface area (Å²) in [6.45, 7) is 10.0. The van der Waals surface area contributed by atoms with Crippen molar-refractivity contribution in [3.05, 3.63) is 6.92 Å². The first-order valence-electron chi connectivity index (χ1n) is 2.35. The molecule has 0 spiro atoms. The molecule has 0 aliphatic heterocycles. The van der Waals surface area contributed by atoms with Gasteiger partial charge in [-0.3, -0.25) is 5.92 Å². The monoisotopic (exact) mass is 181 g/mol. The van der Waals surface area contributed by atoms with Crippen molar-refractivity contribution in [1.82, 2.24) is 0 Å². The third-order valence-electron chi connectivity index (χ3n) is 0.463. The van der Waals surface area contributed by atoms with E-state index >= 15 is 0 Å². The molecular formula is C6H11CuLiSi. The van der Waals surface area contributed by atoms with E-state index in [0.717, 1.165) is 0 Å². The predicted octanol–water partition coefficient (Wildman–Crippen LogP) is 1.32. The van der Waals surface area contributed by atoms with Gasteiger partial charge in [-0.05, 0) is 0 Å². The molecule has 51 valence electrons. The Balaban J connectivity index is -0.000000180. The molecule has 0 aromatic carbocycles. The summed E-state index contributed by atoms with van der Waals surface area (Å²) in [6.07, 6.45) is 0. The summed E-state index contributed by atoms with van der Waals surface area (Å²) >= 11 is 0. The van der Waals surface area contributed by atoms with Gasteiger partial charge in [0.2, 0.25) is 0 Å². The topological polar surface area (TPSA) is 0 Å². The molecule has 0 amide bonds. The Kier molecular flexibility index (Phi) is 12.5. The van der Waals surface area contributed by atoms with E-state index in [-0.39, 0.29) is 35.9 Å². The van der Waals surface area contributed by atoms with Crippen molar-refractivity contribution < 1.29 is 17.1 Å². The largest absolute Gasteiger partial charge is 1.00 e. The van der Waals surface area contributed by atoms with Crippen molar-refractivity contribution >= 4 is 26.9 Å². The van der Waals surface area contributed by atoms with Gasteiger partial charge in [0, 0.05) is 26.9 Å². The minimum absolute atomic E-state index is 0. The Morgan fingerprint density at radius 1 is 1.22 bits per heavy atom. The first kappa shape index (κ1) is 16.4. The van der Waals surface area contributed by atoms with Crippen molar-refractivity contribution in [3.63, 3.8) is 0 Å². The first-order valence-corrected chi connectivity index (χ1v) is 5.85. The Morgan fingerprint density at radius 2 is 1.56 bits per heavy atom. The van der Waals surface area contributed by atoms with Crippen LogP contribution in [0.1, 0.15) is 0 Å². The van der Waals surface area contributed by atoms with Crippen molar-refractivity contribution in [1.29, 1.82) is 0 Å². The molecule has 0 bridgehead atoms. The molecule has 0 nitrogen and oxygen atoms in total. The van der Waals surface area contributed by atoms with Gasteiger partial charge in [-0.2, -0.15) is 6.92 Å². The van der Waals surface area contributed by atoms with E-state index < -0.39 is 8.07 Å². The van der Waals surface area contributed by atoms with Gasteiger partial charge in [-0.25, -0.2) is 0 Å². The van der Waals surface area contributed by atoms with Gasteiger partial charge < -0.3 is 5.54 Å². The quantitative estimate of drug-likeness (QED) is 0.301. The molecule has 0 aromatic heterocycles. The number of hydrogen-bond acceptors (Lipinski definition) is 0. The molecule has 9 heavy (non-hydrogen) atoms. The van der Waals surface area contributed by atoms with Crippen LogP contribution in [0.2, 0.25) is 19.6 Å². The maximum atomic E-state index is 3.44. The zero-order chi connectivity index (χ0) is 5.91. The van der Waals surface area contributed by atoms with E-state index in [1.807, 2.05) is 0 Å². The van der Waals surface area contributed by atoms with Crippen LogP contribution in [0.5, 0.6) is 0 Å². The fourth-order valence-electron chi connectivity index (χ4n) is 0.265. The van der Waals surface area contributed by atoms with E-state index in [0.29, 0.717) is 0 Å². The fourth-order valence-corrected chi connectivity index (χ4v) is 0.795. The molecule has 0 atom stereocenters. The summed E-state index contributed by atoms with van der Waals surface area (Å²) in [6, 6.07) is 0. The molecule has 0 saturated carbocycles. The third kappa shape index (κ3) is 17.7. The minimum Gasteiger partial charge on any atom is -0.333 e. The smallest absolute Gasteiger partial charge is 0.333 e. The van der Waals surface area contributed by atoms with Crippen LogP contribution < -0.4 is 0 Å². The maximum Gasteiger partial charge on any atom is 1.00 e. The average Bonchev–Trinajstić information content (AvgIpc) is 1.30.